The van der Waals surface area contributed by atoms with Crippen molar-refractivity contribution in [3.05, 3.63) is 35.3 Å². The molecule has 0 aromatic rings. The standard InChI is InChI=1S/C12H15ClN2/c1-4-10-5-8(2)7-15-9(3)6-11(13)14-12(10)15/h6H,2,4-5,7H2,1,3H3. The molecule has 2 rings (SSSR count). The Morgan fingerprint density at radius 1 is 1.60 bits per heavy atom. The van der Waals surface area contributed by atoms with Gasteiger partial charge in [0.25, 0.3) is 0 Å². The first-order valence-corrected chi connectivity index (χ1v) is 5.58. The molecule has 0 fully saturated rings. The maximum Gasteiger partial charge on any atom is 0.134 e. The first kappa shape index (κ1) is 10.5. The number of hydrogen-bond donors (Lipinski definition) is 0. The van der Waals surface area contributed by atoms with Crippen LogP contribution in [-0.2, 0) is 0 Å². The molecule has 0 spiro atoms. The lowest BCUT2D eigenvalue weighted by Gasteiger charge is -2.35. The van der Waals surface area contributed by atoms with Gasteiger partial charge >= 0.3 is 0 Å². The zero-order valence-corrected chi connectivity index (χ0v) is 9.93. The largest absolute Gasteiger partial charge is 0.326 e. The average molecular weight is 223 g/mol. The quantitative estimate of drug-likeness (QED) is 0.621. The van der Waals surface area contributed by atoms with Gasteiger partial charge < -0.3 is 4.90 Å². The highest BCUT2D eigenvalue weighted by Gasteiger charge is 2.24. The van der Waals surface area contributed by atoms with Crippen LogP contribution >= 0.6 is 11.6 Å². The summed E-state index contributed by atoms with van der Waals surface area (Å²) >= 11 is 5.98. The van der Waals surface area contributed by atoms with Gasteiger partial charge in [0, 0.05) is 12.2 Å². The topological polar surface area (TPSA) is 15.6 Å². The van der Waals surface area contributed by atoms with Crippen molar-refractivity contribution in [2.45, 2.75) is 26.7 Å². The van der Waals surface area contributed by atoms with Crippen LogP contribution in [0.4, 0.5) is 0 Å². The fourth-order valence-electron chi connectivity index (χ4n) is 2.02. The molecule has 0 N–H and O–H groups in total. The first-order valence-electron chi connectivity index (χ1n) is 5.20. The fraction of sp³-hybridized carbons (Fsp3) is 0.417. The summed E-state index contributed by atoms with van der Waals surface area (Å²) in [6.45, 7) is 9.15. The molecule has 0 saturated heterocycles. The van der Waals surface area contributed by atoms with Crippen molar-refractivity contribution < 1.29 is 0 Å². The number of aliphatic imine (C=N–C) groups is 1. The summed E-state index contributed by atoms with van der Waals surface area (Å²) in [5, 5.41) is 0.581. The lowest BCUT2D eigenvalue weighted by atomic mass is 9.98. The SMILES string of the molecule is C=C1CC(CC)=C2N=C(Cl)C=C(C)N2C1. The minimum Gasteiger partial charge on any atom is -0.326 e. The Morgan fingerprint density at radius 3 is 3.00 bits per heavy atom. The van der Waals surface area contributed by atoms with Crippen LogP contribution in [0.25, 0.3) is 0 Å². The van der Waals surface area contributed by atoms with E-state index in [2.05, 4.69) is 30.3 Å². The molecule has 15 heavy (non-hydrogen) atoms. The number of allylic oxidation sites excluding steroid dienone is 3. The lowest BCUT2D eigenvalue weighted by Crippen LogP contribution is -2.30. The second-order valence-corrected chi connectivity index (χ2v) is 4.40. The molecule has 0 aromatic heterocycles. The lowest BCUT2D eigenvalue weighted by molar-refractivity contribution is 0.424. The Bertz CT molecular complexity index is 402. The predicted molar refractivity (Wildman–Crippen MR) is 64.8 cm³/mol. The number of halogens is 1. The van der Waals surface area contributed by atoms with Gasteiger partial charge in [0.2, 0.25) is 0 Å². The van der Waals surface area contributed by atoms with Gasteiger partial charge in [-0.15, -0.1) is 0 Å². The van der Waals surface area contributed by atoms with Gasteiger partial charge in [-0.1, -0.05) is 30.7 Å². The summed E-state index contributed by atoms with van der Waals surface area (Å²) in [4.78, 5) is 6.60. The van der Waals surface area contributed by atoms with E-state index in [0.717, 1.165) is 30.9 Å². The zero-order chi connectivity index (χ0) is 11.0. The molecule has 0 radical (unpaired) electrons. The van der Waals surface area contributed by atoms with Crippen molar-refractivity contribution in [1.29, 1.82) is 0 Å². The van der Waals surface area contributed by atoms with E-state index in [1.165, 1.54) is 11.1 Å². The average Bonchev–Trinajstić information content (AvgIpc) is 2.18. The molecular weight excluding hydrogens is 208 g/mol. The van der Waals surface area contributed by atoms with Crippen LogP contribution in [0, 0.1) is 0 Å². The Balaban J connectivity index is 2.49. The van der Waals surface area contributed by atoms with Gasteiger partial charge in [-0.3, -0.25) is 0 Å². The van der Waals surface area contributed by atoms with Gasteiger partial charge in [-0.2, -0.15) is 0 Å². The van der Waals surface area contributed by atoms with Crippen molar-refractivity contribution in [3.63, 3.8) is 0 Å². The van der Waals surface area contributed by atoms with Crippen molar-refractivity contribution in [1.82, 2.24) is 4.90 Å². The third kappa shape index (κ3) is 1.86. The Morgan fingerprint density at radius 2 is 2.33 bits per heavy atom. The molecule has 0 atom stereocenters. The minimum absolute atomic E-state index is 0.581. The molecule has 0 saturated carbocycles. The molecule has 0 bridgehead atoms. The van der Waals surface area contributed by atoms with Gasteiger partial charge in [-0.25, -0.2) is 4.99 Å². The fourth-order valence-corrected chi connectivity index (χ4v) is 2.26. The summed E-state index contributed by atoms with van der Waals surface area (Å²) in [6.07, 6.45) is 3.87. The molecule has 2 heterocycles. The monoisotopic (exact) mass is 222 g/mol. The minimum atomic E-state index is 0.581. The molecule has 3 heteroatoms. The molecule has 0 aromatic carbocycles. The second-order valence-electron chi connectivity index (χ2n) is 4.01. The summed E-state index contributed by atoms with van der Waals surface area (Å²) in [5.41, 5.74) is 3.73. The van der Waals surface area contributed by atoms with Gasteiger partial charge in [0.1, 0.15) is 11.0 Å². The van der Waals surface area contributed by atoms with E-state index < -0.39 is 0 Å². The highest BCUT2D eigenvalue weighted by Crippen LogP contribution is 2.33. The number of hydrogen-bond acceptors (Lipinski definition) is 2. The molecule has 80 valence electrons. The molecule has 0 amide bonds. The van der Waals surface area contributed by atoms with Crippen molar-refractivity contribution in [2.75, 3.05) is 6.54 Å². The highest BCUT2D eigenvalue weighted by atomic mass is 35.5. The van der Waals surface area contributed by atoms with Crippen LogP contribution in [0.5, 0.6) is 0 Å². The number of rotatable bonds is 1. The summed E-state index contributed by atoms with van der Waals surface area (Å²) in [6, 6.07) is 0. The predicted octanol–water partition coefficient (Wildman–Crippen LogP) is 3.42. The summed E-state index contributed by atoms with van der Waals surface area (Å²) < 4.78 is 0. The van der Waals surface area contributed by atoms with Crippen LogP contribution in [0.15, 0.2) is 40.3 Å². The van der Waals surface area contributed by atoms with Crippen LogP contribution in [-0.4, -0.2) is 16.6 Å². The smallest absolute Gasteiger partial charge is 0.134 e. The zero-order valence-electron chi connectivity index (χ0n) is 9.18. The van der Waals surface area contributed by atoms with Crippen molar-refractivity contribution in [3.8, 4) is 0 Å². The van der Waals surface area contributed by atoms with E-state index in [1.807, 2.05) is 6.08 Å². The number of fused-ring (bicyclic) bond motifs is 1. The van der Waals surface area contributed by atoms with Crippen LogP contribution in [0.3, 0.4) is 0 Å². The molecule has 2 aliphatic rings. The third-order valence-electron chi connectivity index (χ3n) is 2.81. The second kappa shape index (κ2) is 3.86. The molecule has 0 aliphatic carbocycles. The molecule has 2 aliphatic heterocycles. The maximum atomic E-state index is 5.98. The van der Waals surface area contributed by atoms with E-state index in [-0.39, 0.29) is 0 Å². The van der Waals surface area contributed by atoms with Crippen molar-refractivity contribution >= 4 is 16.8 Å². The summed E-state index contributed by atoms with van der Waals surface area (Å²) in [7, 11) is 0. The van der Waals surface area contributed by atoms with E-state index in [4.69, 9.17) is 11.6 Å². The van der Waals surface area contributed by atoms with Gasteiger partial charge in [-0.05, 0) is 31.4 Å². The van der Waals surface area contributed by atoms with Crippen LogP contribution < -0.4 is 0 Å². The third-order valence-corrected chi connectivity index (χ3v) is 3.00. The summed E-state index contributed by atoms with van der Waals surface area (Å²) in [5.74, 6) is 1.04. The van der Waals surface area contributed by atoms with Gasteiger partial charge in [0.15, 0.2) is 0 Å². The maximum absolute atomic E-state index is 5.98. The highest BCUT2D eigenvalue weighted by molar-refractivity contribution is 6.68. The molecular formula is C12H15ClN2. The normalized spacial score (nSPS) is 21.3. The Kier molecular flexibility index (Phi) is 2.70. The van der Waals surface area contributed by atoms with Crippen molar-refractivity contribution in [2.24, 2.45) is 4.99 Å². The van der Waals surface area contributed by atoms with E-state index >= 15 is 0 Å². The number of nitrogens with zero attached hydrogens (tertiary/aromatic N) is 2. The van der Waals surface area contributed by atoms with E-state index in [1.54, 1.807) is 0 Å². The van der Waals surface area contributed by atoms with Crippen LogP contribution in [0.2, 0.25) is 0 Å². The van der Waals surface area contributed by atoms with E-state index in [0.29, 0.717) is 5.17 Å². The first-order chi connectivity index (χ1) is 7.11. The van der Waals surface area contributed by atoms with Gasteiger partial charge in [0.05, 0.1) is 0 Å². The van der Waals surface area contributed by atoms with Crippen LogP contribution in [0.1, 0.15) is 26.7 Å². The Labute approximate surface area is 95.6 Å². The molecule has 0 unspecified atom stereocenters. The molecule has 2 nitrogen and oxygen atoms in total. The van der Waals surface area contributed by atoms with E-state index in [9.17, 15) is 0 Å². The Hall–Kier alpha value is -1.02.